The number of rotatable bonds is 2. The molecule has 1 unspecified atom stereocenters. The molecule has 8 heteroatoms. The Labute approximate surface area is 113 Å². The largest absolute Gasteiger partial charge is 0.480 e. The number of piperazine rings is 1. The second-order valence-corrected chi connectivity index (χ2v) is 4.35. The van der Waals surface area contributed by atoms with Crippen LogP contribution in [0.2, 0.25) is 5.02 Å². The van der Waals surface area contributed by atoms with Gasteiger partial charge in [0.15, 0.2) is 0 Å². The Kier molecular flexibility index (Phi) is 3.66. The molecule has 0 aliphatic carbocycles. The second kappa shape index (κ2) is 5.23. The predicted octanol–water partition coefficient (Wildman–Crippen LogP) is -0.240. The van der Waals surface area contributed by atoms with Gasteiger partial charge in [-0.2, -0.15) is 0 Å². The molecule has 1 fully saturated rings. The van der Waals surface area contributed by atoms with Crippen molar-refractivity contribution >= 4 is 29.4 Å². The number of carboxylic acids is 1. The Bertz CT molecular complexity index is 548. The Morgan fingerprint density at radius 3 is 2.89 bits per heavy atom. The van der Waals surface area contributed by atoms with E-state index in [0.717, 1.165) is 4.90 Å². The van der Waals surface area contributed by atoms with Gasteiger partial charge in [0.1, 0.15) is 12.6 Å². The molecular weight excluding hydrogens is 274 g/mol. The molecule has 2 heterocycles. The molecule has 0 aromatic carbocycles. The van der Waals surface area contributed by atoms with Crippen molar-refractivity contribution in [2.75, 3.05) is 13.1 Å². The van der Waals surface area contributed by atoms with Gasteiger partial charge < -0.3 is 15.3 Å². The smallest absolute Gasteiger partial charge is 0.328 e. The third-order valence-corrected chi connectivity index (χ3v) is 3.03. The zero-order valence-electron chi connectivity index (χ0n) is 9.67. The van der Waals surface area contributed by atoms with E-state index in [2.05, 4.69) is 10.3 Å². The van der Waals surface area contributed by atoms with Crippen LogP contribution in [0.3, 0.4) is 0 Å². The minimum absolute atomic E-state index is 0.114. The van der Waals surface area contributed by atoms with Crippen LogP contribution in [-0.2, 0) is 9.59 Å². The molecule has 2 rings (SSSR count). The average Bonchev–Trinajstić information content (AvgIpc) is 2.38. The van der Waals surface area contributed by atoms with Crippen LogP contribution in [0.15, 0.2) is 18.5 Å². The molecule has 2 N–H and O–H groups in total. The average molecular weight is 284 g/mol. The van der Waals surface area contributed by atoms with Crippen molar-refractivity contribution in [2.45, 2.75) is 6.04 Å². The van der Waals surface area contributed by atoms with E-state index >= 15 is 0 Å². The van der Waals surface area contributed by atoms with E-state index in [0.29, 0.717) is 0 Å². The van der Waals surface area contributed by atoms with Crippen LogP contribution in [0.5, 0.6) is 0 Å². The summed E-state index contributed by atoms with van der Waals surface area (Å²) in [6.45, 7) is -0.433. The lowest BCUT2D eigenvalue weighted by Gasteiger charge is -2.32. The summed E-state index contributed by atoms with van der Waals surface area (Å²) in [5.74, 6) is -2.19. The maximum absolute atomic E-state index is 12.3. The fourth-order valence-corrected chi connectivity index (χ4v) is 1.98. The van der Waals surface area contributed by atoms with Gasteiger partial charge in [0, 0.05) is 18.9 Å². The van der Waals surface area contributed by atoms with Crippen LogP contribution in [0.1, 0.15) is 10.4 Å². The minimum Gasteiger partial charge on any atom is -0.480 e. The van der Waals surface area contributed by atoms with Gasteiger partial charge >= 0.3 is 5.97 Å². The summed E-state index contributed by atoms with van der Waals surface area (Å²) >= 11 is 5.84. The van der Waals surface area contributed by atoms with Crippen LogP contribution in [0.25, 0.3) is 0 Å². The first kappa shape index (κ1) is 13.3. The van der Waals surface area contributed by atoms with E-state index in [1.54, 1.807) is 0 Å². The molecule has 1 aliphatic heterocycles. The number of aromatic nitrogens is 1. The van der Waals surface area contributed by atoms with Crippen molar-refractivity contribution in [3.05, 3.63) is 29.0 Å². The van der Waals surface area contributed by atoms with E-state index in [9.17, 15) is 14.4 Å². The maximum atomic E-state index is 12.3. The number of carbonyl (C=O) groups excluding carboxylic acids is 2. The number of hydrogen-bond donors (Lipinski definition) is 2. The summed E-state index contributed by atoms with van der Waals surface area (Å²) in [5.41, 5.74) is 0.123. The fourth-order valence-electron chi connectivity index (χ4n) is 1.78. The highest BCUT2D eigenvalue weighted by Gasteiger charge is 2.36. The zero-order chi connectivity index (χ0) is 14.0. The molecule has 19 heavy (non-hydrogen) atoms. The molecular formula is C11H10ClN3O4. The lowest BCUT2D eigenvalue weighted by Crippen LogP contribution is -2.59. The molecule has 0 saturated carbocycles. The Morgan fingerprint density at radius 2 is 2.26 bits per heavy atom. The Morgan fingerprint density at radius 1 is 1.53 bits per heavy atom. The SMILES string of the molecule is O=C1CN(C(=O)c2ccncc2Cl)C(C(=O)O)CN1. The van der Waals surface area contributed by atoms with E-state index < -0.39 is 23.8 Å². The molecule has 2 amide bonds. The number of carbonyl (C=O) groups is 3. The fraction of sp³-hybridized carbons (Fsp3) is 0.273. The first-order valence-corrected chi connectivity index (χ1v) is 5.78. The van der Waals surface area contributed by atoms with Crippen LogP contribution in [0, 0.1) is 0 Å². The summed E-state index contributed by atoms with van der Waals surface area (Å²) in [4.78, 5) is 39.4. The van der Waals surface area contributed by atoms with Crippen LogP contribution in [0.4, 0.5) is 0 Å². The van der Waals surface area contributed by atoms with E-state index in [1.807, 2.05) is 0 Å². The van der Waals surface area contributed by atoms with Gasteiger partial charge in [-0.05, 0) is 6.07 Å². The lowest BCUT2D eigenvalue weighted by molar-refractivity contribution is -0.144. The first-order chi connectivity index (χ1) is 9.00. The maximum Gasteiger partial charge on any atom is 0.328 e. The van der Waals surface area contributed by atoms with Gasteiger partial charge in [-0.25, -0.2) is 4.79 Å². The molecule has 1 atom stereocenters. The Hall–Kier alpha value is -2.15. The first-order valence-electron chi connectivity index (χ1n) is 5.40. The van der Waals surface area contributed by atoms with Crippen molar-refractivity contribution in [3.63, 3.8) is 0 Å². The third kappa shape index (κ3) is 2.65. The van der Waals surface area contributed by atoms with Gasteiger partial charge in [0.05, 0.1) is 10.6 Å². The van der Waals surface area contributed by atoms with E-state index in [-0.39, 0.29) is 23.7 Å². The number of halogens is 1. The summed E-state index contributed by atoms with van der Waals surface area (Å²) in [6, 6.07) is 0.283. The van der Waals surface area contributed by atoms with Crippen LogP contribution in [-0.4, -0.2) is 51.9 Å². The highest BCUT2D eigenvalue weighted by Crippen LogP contribution is 2.18. The molecule has 0 radical (unpaired) electrons. The van der Waals surface area contributed by atoms with Gasteiger partial charge in [0.2, 0.25) is 5.91 Å². The molecule has 1 aromatic rings. The van der Waals surface area contributed by atoms with E-state index in [1.165, 1.54) is 18.5 Å². The molecule has 1 aromatic heterocycles. The lowest BCUT2D eigenvalue weighted by atomic mass is 10.1. The van der Waals surface area contributed by atoms with Gasteiger partial charge in [-0.1, -0.05) is 11.6 Å². The number of hydrogen-bond acceptors (Lipinski definition) is 4. The van der Waals surface area contributed by atoms with Crippen molar-refractivity contribution in [1.82, 2.24) is 15.2 Å². The molecule has 7 nitrogen and oxygen atoms in total. The van der Waals surface area contributed by atoms with Gasteiger partial charge in [-0.3, -0.25) is 14.6 Å². The van der Waals surface area contributed by atoms with E-state index in [4.69, 9.17) is 16.7 Å². The molecule has 1 saturated heterocycles. The standard InChI is InChI=1S/C11H10ClN3O4/c12-7-3-13-2-1-6(7)10(17)15-5-9(16)14-4-8(15)11(18)19/h1-3,8H,4-5H2,(H,14,16)(H,18,19). The predicted molar refractivity (Wildman–Crippen MR) is 64.7 cm³/mol. The highest BCUT2D eigenvalue weighted by atomic mass is 35.5. The molecule has 100 valence electrons. The van der Waals surface area contributed by atoms with Crippen molar-refractivity contribution in [3.8, 4) is 0 Å². The van der Waals surface area contributed by atoms with Crippen molar-refractivity contribution in [2.24, 2.45) is 0 Å². The van der Waals surface area contributed by atoms with Crippen molar-refractivity contribution < 1.29 is 19.5 Å². The quantitative estimate of drug-likeness (QED) is 0.780. The number of amides is 2. The third-order valence-electron chi connectivity index (χ3n) is 2.73. The number of nitrogens with zero attached hydrogens (tertiary/aromatic N) is 2. The van der Waals surface area contributed by atoms with Crippen LogP contribution >= 0.6 is 11.6 Å². The number of nitrogens with one attached hydrogen (secondary N) is 1. The molecule has 0 spiro atoms. The highest BCUT2D eigenvalue weighted by molar-refractivity contribution is 6.33. The van der Waals surface area contributed by atoms with Gasteiger partial charge in [0.25, 0.3) is 5.91 Å². The number of aliphatic carboxylic acids is 1. The number of pyridine rings is 1. The summed E-state index contributed by atoms with van der Waals surface area (Å²) < 4.78 is 0. The van der Waals surface area contributed by atoms with Crippen molar-refractivity contribution in [1.29, 1.82) is 0 Å². The normalized spacial score (nSPS) is 18.9. The summed E-state index contributed by atoms with van der Waals surface area (Å²) in [5, 5.41) is 11.6. The summed E-state index contributed by atoms with van der Waals surface area (Å²) in [6.07, 6.45) is 2.66. The minimum atomic E-state index is -1.18. The second-order valence-electron chi connectivity index (χ2n) is 3.95. The molecule has 1 aliphatic rings. The molecule has 0 bridgehead atoms. The number of carboxylic acid groups (broad SMARTS) is 1. The Balaban J connectivity index is 2.32. The van der Waals surface area contributed by atoms with Gasteiger partial charge in [-0.15, -0.1) is 0 Å². The van der Waals surface area contributed by atoms with Crippen LogP contribution < -0.4 is 5.32 Å². The topological polar surface area (TPSA) is 99.6 Å². The monoisotopic (exact) mass is 283 g/mol. The zero-order valence-corrected chi connectivity index (χ0v) is 10.4. The summed E-state index contributed by atoms with van der Waals surface area (Å²) in [7, 11) is 0.